The van der Waals surface area contributed by atoms with E-state index in [1.54, 1.807) is 34.9 Å². The molecular weight excluding hydrogens is 360 g/mol. The molecule has 27 heavy (non-hydrogen) atoms. The number of nitriles is 1. The molecule has 0 N–H and O–H groups in total. The van der Waals surface area contributed by atoms with E-state index in [0.29, 0.717) is 35.8 Å². The van der Waals surface area contributed by atoms with E-state index >= 15 is 0 Å². The van der Waals surface area contributed by atoms with Gasteiger partial charge >= 0.3 is 0 Å². The largest absolute Gasteiger partial charge is 0.334 e. The lowest BCUT2D eigenvalue weighted by molar-refractivity contribution is -0.117. The molecule has 1 amide bonds. The van der Waals surface area contributed by atoms with Crippen LogP contribution in [-0.2, 0) is 4.79 Å². The second-order valence-electron chi connectivity index (χ2n) is 6.26. The van der Waals surface area contributed by atoms with Crippen LogP contribution in [-0.4, -0.2) is 28.8 Å². The number of hydrogen-bond donors (Lipinski definition) is 0. The van der Waals surface area contributed by atoms with E-state index in [-0.39, 0.29) is 11.8 Å². The predicted molar refractivity (Wildman–Crippen MR) is 102 cm³/mol. The Morgan fingerprint density at radius 1 is 1.26 bits per heavy atom. The van der Waals surface area contributed by atoms with Crippen LogP contribution in [0.1, 0.15) is 23.7 Å². The minimum Gasteiger partial charge on any atom is -0.334 e. The molecule has 7 heteroatoms. The van der Waals surface area contributed by atoms with Gasteiger partial charge in [-0.15, -0.1) is 11.8 Å². The van der Waals surface area contributed by atoms with Crippen LogP contribution < -0.4 is 4.90 Å². The van der Waals surface area contributed by atoms with Crippen LogP contribution in [0, 0.1) is 11.3 Å². The van der Waals surface area contributed by atoms with Crippen LogP contribution >= 0.6 is 11.8 Å². The second-order valence-corrected chi connectivity index (χ2v) is 7.14. The number of benzene rings is 2. The Balaban J connectivity index is 1.56. The van der Waals surface area contributed by atoms with Crippen molar-refractivity contribution in [3.63, 3.8) is 0 Å². The van der Waals surface area contributed by atoms with E-state index in [0.717, 1.165) is 10.6 Å². The van der Waals surface area contributed by atoms with Gasteiger partial charge in [-0.3, -0.25) is 4.79 Å². The average molecular weight is 376 g/mol. The van der Waals surface area contributed by atoms with Crippen LogP contribution in [0.3, 0.4) is 0 Å². The Kier molecular flexibility index (Phi) is 4.65. The molecule has 4 rings (SSSR count). The molecule has 1 fully saturated rings. The molecule has 0 spiro atoms. The molecule has 1 aliphatic heterocycles. The summed E-state index contributed by atoms with van der Waals surface area (Å²) in [5.74, 6) is 0.810. The van der Waals surface area contributed by atoms with Crippen molar-refractivity contribution in [2.45, 2.75) is 17.2 Å². The molecule has 0 bridgehead atoms. The Morgan fingerprint density at radius 2 is 2.11 bits per heavy atom. The fraction of sp³-hybridized carbons (Fsp3) is 0.200. The third-order valence-electron chi connectivity index (χ3n) is 4.54. The van der Waals surface area contributed by atoms with Gasteiger partial charge < -0.3 is 9.42 Å². The summed E-state index contributed by atoms with van der Waals surface area (Å²) in [6.45, 7) is 0.522. The molecule has 1 aromatic heterocycles. The van der Waals surface area contributed by atoms with Gasteiger partial charge in [-0.25, -0.2) is 0 Å². The predicted octanol–water partition coefficient (Wildman–Crippen LogP) is 3.85. The van der Waals surface area contributed by atoms with Crippen molar-refractivity contribution in [1.82, 2.24) is 10.1 Å². The minimum atomic E-state index is -0.118. The van der Waals surface area contributed by atoms with Crippen molar-refractivity contribution in [3.05, 3.63) is 59.9 Å². The maximum absolute atomic E-state index is 12.5. The number of hydrogen-bond acceptors (Lipinski definition) is 6. The highest BCUT2D eigenvalue weighted by molar-refractivity contribution is 7.98. The number of carbonyl (C=O) groups excluding carboxylic acids is 1. The zero-order valence-electron chi connectivity index (χ0n) is 14.6. The maximum atomic E-state index is 12.5. The van der Waals surface area contributed by atoms with E-state index in [1.165, 1.54) is 0 Å². The van der Waals surface area contributed by atoms with Gasteiger partial charge in [0.2, 0.25) is 5.91 Å². The summed E-state index contributed by atoms with van der Waals surface area (Å²) in [4.78, 5) is 19.9. The normalized spacial score (nSPS) is 16.5. The van der Waals surface area contributed by atoms with E-state index < -0.39 is 0 Å². The smallest absolute Gasteiger partial charge is 0.257 e. The number of carbonyl (C=O) groups is 1. The highest BCUT2D eigenvalue weighted by Gasteiger charge is 2.34. The molecule has 0 saturated carbocycles. The number of rotatable bonds is 4. The number of thioether (sulfide) groups is 1. The number of anilines is 1. The summed E-state index contributed by atoms with van der Waals surface area (Å²) in [5, 5.41) is 13.1. The highest BCUT2D eigenvalue weighted by Crippen LogP contribution is 2.33. The van der Waals surface area contributed by atoms with Crippen molar-refractivity contribution < 1.29 is 9.32 Å². The van der Waals surface area contributed by atoms with Crippen LogP contribution in [0.25, 0.3) is 11.5 Å². The molecule has 1 unspecified atom stereocenters. The summed E-state index contributed by atoms with van der Waals surface area (Å²) in [5.41, 5.74) is 2.12. The fourth-order valence-electron chi connectivity index (χ4n) is 3.15. The molecule has 1 atom stereocenters. The van der Waals surface area contributed by atoms with Crippen LogP contribution in [0.5, 0.6) is 0 Å². The number of nitrogens with zero attached hydrogens (tertiary/aromatic N) is 4. The lowest BCUT2D eigenvalue weighted by Crippen LogP contribution is -2.24. The van der Waals surface area contributed by atoms with Crippen LogP contribution in [0.4, 0.5) is 5.69 Å². The Morgan fingerprint density at radius 3 is 2.93 bits per heavy atom. The molecule has 2 heterocycles. The summed E-state index contributed by atoms with van der Waals surface area (Å²) < 4.78 is 5.37. The molecule has 3 aromatic rings. The molecule has 0 aliphatic carbocycles. The SMILES string of the molecule is CSc1cccc(N2CC(c3noc(-c4cccc(C#N)c4)n3)CC2=O)c1. The molecule has 0 radical (unpaired) electrons. The van der Waals surface area contributed by atoms with Crippen molar-refractivity contribution in [2.75, 3.05) is 17.7 Å². The van der Waals surface area contributed by atoms with Gasteiger partial charge in [-0.2, -0.15) is 10.2 Å². The van der Waals surface area contributed by atoms with Gasteiger partial charge in [0.15, 0.2) is 5.82 Å². The standard InChI is InChI=1S/C20H16N4O2S/c1-27-17-7-3-6-16(10-17)24-12-15(9-18(24)25)19-22-20(26-23-19)14-5-2-4-13(8-14)11-21/h2-8,10,15H,9,12H2,1H3. The summed E-state index contributed by atoms with van der Waals surface area (Å²) in [6, 6.07) is 17.0. The maximum Gasteiger partial charge on any atom is 0.257 e. The van der Waals surface area contributed by atoms with Gasteiger partial charge in [0.1, 0.15) is 0 Å². The third-order valence-corrected chi connectivity index (χ3v) is 5.26. The molecule has 134 valence electrons. The van der Waals surface area contributed by atoms with Crippen molar-refractivity contribution in [3.8, 4) is 17.5 Å². The monoisotopic (exact) mass is 376 g/mol. The van der Waals surface area contributed by atoms with E-state index in [9.17, 15) is 4.79 Å². The minimum absolute atomic E-state index is 0.0519. The van der Waals surface area contributed by atoms with Crippen molar-refractivity contribution in [1.29, 1.82) is 5.26 Å². The van der Waals surface area contributed by atoms with Gasteiger partial charge in [0.05, 0.1) is 11.6 Å². The average Bonchev–Trinajstić information content (AvgIpc) is 3.35. The third kappa shape index (κ3) is 3.44. The summed E-state index contributed by atoms with van der Waals surface area (Å²) in [6.07, 6.45) is 2.36. The zero-order chi connectivity index (χ0) is 18.8. The number of aromatic nitrogens is 2. The quantitative estimate of drug-likeness (QED) is 0.643. The highest BCUT2D eigenvalue weighted by atomic mass is 32.2. The Labute approximate surface area is 160 Å². The Hall–Kier alpha value is -3.11. The van der Waals surface area contributed by atoms with Gasteiger partial charge in [0, 0.05) is 35.0 Å². The second kappa shape index (κ2) is 7.25. The van der Waals surface area contributed by atoms with E-state index in [2.05, 4.69) is 16.2 Å². The fourth-order valence-corrected chi connectivity index (χ4v) is 3.60. The lowest BCUT2D eigenvalue weighted by atomic mass is 10.1. The van der Waals surface area contributed by atoms with Gasteiger partial charge in [0.25, 0.3) is 5.89 Å². The molecule has 1 saturated heterocycles. The van der Waals surface area contributed by atoms with E-state index in [1.807, 2.05) is 36.6 Å². The first-order valence-corrected chi connectivity index (χ1v) is 9.69. The first-order valence-electron chi connectivity index (χ1n) is 8.46. The molecule has 1 aliphatic rings. The molecular formula is C20H16N4O2S. The van der Waals surface area contributed by atoms with Crippen molar-refractivity contribution >= 4 is 23.4 Å². The Bertz CT molecular complexity index is 1040. The van der Waals surface area contributed by atoms with Gasteiger partial charge in [-0.05, 0) is 42.7 Å². The first-order chi connectivity index (χ1) is 13.2. The van der Waals surface area contributed by atoms with Crippen LogP contribution in [0.15, 0.2) is 57.9 Å². The lowest BCUT2D eigenvalue weighted by Gasteiger charge is -2.16. The summed E-state index contributed by atoms with van der Waals surface area (Å²) in [7, 11) is 0. The van der Waals surface area contributed by atoms with E-state index in [4.69, 9.17) is 9.78 Å². The van der Waals surface area contributed by atoms with Gasteiger partial charge in [-0.1, -0.05) is 17.3 Å². The topological polar surface area (TPSA) is 83.0 Å². The summed E-state index contributed by atoms with van der Waals surface area (Å²) >= 11 is 1.64. The first kappa shape index (κ1) is 17.3. The zero-order valence-corrected chi connectivity index (χ0v) is 15.4. The van der Waals surface area contributed by atoms with Crippen molar-refractivity contribution in [2.24, 2.45) is 0 Å². The number of amides is 1. The molecule has 2 aromatic carbocycles. The van der Waals surface area contributed by atoms with Crippen LogP contribution in [0.2, 0.25) is 0 Å². The molecule has 6 nitrogen and oxygen atoms in total.